The van der Waals surface area contributed by atoms with Gasteiger partial charge in [-0.25, -0.2) is 0 Å². The maximum atomic E-state index is 12.1. The minimum absolute atomic E-state index is 0.148. The summed E-state index contributed by atoms with van der Waals surface area (Å²) in [5, 5.41) is 4.60. The molecule has 20 heavy (non-hydrogen) atoms. The zero-order chi connectivity index (χ0) is 14.3. The Morgan fingerprint density at radius 2 is 2.25 bits per heavy atom. The monoisotopic (exact) mass is 277 g/mol. The van der Waals surface area contributed by atoms with Crippen molar-refractivity contribution in [3.63, 3.8) is 0 Å². The van der Waals surface area contributed by atoms with Crippen LogP contribution in [0.3, 0.4) is 0 Å². The van der Waals surface area contributed by atoms with Crippen LogP contribution in [-0.4, -0.2) is 45.5 Å². The van der Waals surface area contributed by atoms with Gasteiger partial charge in [-0.15, -0.1) is 0 Å². The minimum atomic E-state index is -0.148. The SMILES string of the molecule is COC1CCC(C)N(c2nc3c(cnn3C)c(=O)[nH]2)C1. The van der Waals surface area contributed by atoms with Crippen LogP contribution in [0.25, 0.3) is 11.0 Å². The number of fused-ring (bicyclic) bond motifs is 1. The summed E-state index contributed by atoms with van der Waals surface area (Å²) < 4.78 is 7.06. The lowest BCUT2D eigenvalue weighted by atomic mass is 10.0. The topological polar surface area (TPSA) is 76.0 Å². The van der Waals surface area contributed by atoms with Crippen LogP contribution >= 0.6 is 0 Å². The molecule has 3 heterocycles. The maximum absolute atomic E-state index is 12.1. The molecular formula is C13H19N5O2. The van der Waals surface area contributed by atoms with Crippen LogP contribution in [0.2, 0.25) is 0 Å². The Bertz CT molecular complexity index is 677. The number of aryl methyl sites for hydroxylation is 1. The summed E-state index contributed by atoms with van der Waals surface area (Å²) in [5.74, 6) is 0.598. The van der Waals surface area contributed by atoms with Gasteiger partial charge in [0.25, 0.3) is 5.56 Å². The molecule has 0 saturated carbocycles. The molecule has 1 saturated heterocycles. The second-order valence-corrected chi connectivity index (χ2v) is 5.33. The summed E-state index contributed by atoms with van der Waals surface area (Å²) in [4.78, 5) is 21.6. The van der Waals surface area contributed by atoms with E-state index in [-0.39, 0.29) is 11.7 Å². The van der Waals surface area contributed by atoms with Crippen molar-refractivity contribution in [2.45, 2.75) is 31.9 Å². The molecule has 0 amide bonds. The van der Waals surface area contributed by atoms with Crippen LogP contribution in [0.5, 0.6) is 0 Å². The highest BCUT2D eigenvalue weighted by Gasteiger charge is 2.27. The van der Waals surface area contributed by atoms with E-state index >= 15 is 0 Å². The van der Waals surface area contributed by atoms with Gasteiger partial charge < -0.3 is 9.64 Å². The molecule has 2 aromatic heterocycles. The smallest absolute Gasteiger partial charge is 0.263 e. The lowest BCUT2D eigenvalue weighted by molar-refractivity contribution is 0.0823. The number of aromatic nitrogens is 4. The average Bonchev–Trinajstić information content (AvgIpc) is 2.82. The number of hydrogen-bond acceptors (Lipinski definition) is 5. The molecule has 1 fully saturated rings. The van der Waals surface area contributed by atoms with E-state index in [0.29, 0.717) is 23.0 Å². The molecule has 2 unspecified atom stereocenters. The molecule has 2 aromatic rings. The van der Waals surface area contributed by atoms with E-state index in [2.05, 4.69) is 26.9 Å². The number of nitrogens with zero attached hydrogens (tertiary/aromatic N) is 4. The zero-order valence-corrected chi connectivity index (χ0v) is 12.0. The van der Waals surface area contributed by atoms with Crippen LogP contribution in [0, 0.1) is 0 Å². The number of hydrogen-bond donors (Lipinski definition) is 1. The molecule has 1 aliphatic rings. The largest absolute Gasteiger partial charge is 0.380 e. The molecule has 0 aromatic carbocycles. The molecule has 7 nitrogen and oxygen atoms in total. The predicted molar refractivity (Wildman–Crippen MR) is 76.0 cm³/mol. The number of nitrogens with one attached hydrogen (secondary N) is 1. The van der Waals surface area contributed by atoms with Gasteiger partial charge in [-0.1, -0.05) is 0 Å². The van der Waals surface area contributed by atoms with Crippen molar-refractivity contribution in [1.29, 1.82) is 0 Å². The first-order valence-corrected chi connectivity index (χ1v) is 6.81. The summed E-state index contributed by atoms with van der Waals surface area (Å²) >= 11 is 0. The number of rotatable bonds is 2. The predicted octanol–water partition coefficient (Wildman–Crippen LogP) is 0.660. The number of aromatic amines is 1. The van der Waals surface area contributed by atoms with E-state index in [9.17, 15) is 4.79 Å². The molecule has 1 aliphatic heterocycles. The Morgan fingerprint density at radius 1 is 1.45 bits per heavy atom. The van der Waals surface area contributed by atoms with E-state index in [1.165, 1.54) is 0 Å². The fraction of sp³-hybridized carbons (Fsp3) is 0.615. The molecule has 0 aliphatic carbocycles. The average molecular weight is 277 g/mol. The van der Waals surface area contributed by atoms with Crippen molar-refractivity contribution in [1.82, 2.24) is 19.7 Å². The second-order valence-electron chi connectivity index (χ2n) is 5.33. The van der Waals surface area contributed by atoms with Crippen molar-refractivity contribution < 1.29 is 4.74 Å². The van der Waals surface area contributed by atoms with E-state index < -0.39 is 0 Å². The van der Waals surface area contributed by atoms with E-state index in [4.69, 9.17) is 4.74 Å². The van der Waals surface area contributed by atoms with Crippen molar-refractivity contribution in [2.24, 2.45) is 7.05 Å². The van der Waals surface area contributed by atoms with Crippen LogP contribution in [-0.2, 0) is 11.8 Å². The third-order valence-corrected chi connectivity index (χ3v) is 4.03. The van der Waals surface area contributed by atoms with Crippen molar-refractivity contribution in [3.8, 4) is 0 Å². The van der Waals surface area contributed by atoms with Gasteiger partial charge in [0.1, 0.15) is 5.39 Å². The van der Waals surface area contributed by atoms with E-state index in [0.717, 1.165) is 19.4 Å². The van der Waals surface area contributed by atoms with Gasteiger partial charge in [0.2, 0.25) is 5.95 Å². The van der Waals surface area contributed by atoms with Gasteiger partial charge in [0.05, 0.1) is 12.3 Å². The van der Waals surface area contributed by atoms with Crippen LogP contribution in [0.15, 0.2) is 11.0 Å². The second kappa shape index (κ2) is 4.90. The summed E-state index contributed by atoms with van der Waals surface area (Å²) in [6.07, 6.45) is 3.78. The Labute approximate surface area is 116 Å². The highest BCUT2D eigenvalue weighted by Crippen LogP contribution is 2.23. The first-order chi connectivity index (χ1) is 9.60. The fourth-order valence-electron chi connectivity index (χ4n) is 2.72. The molecule has 0 radical (unpaired) electrons. The number of ether oxygens (including phenoxy) is 1. The molecule has 3 rings (SSSR count). The Hall–Kier alpha value is -1.89. The van der Waals surface area contributed by atoms with Gasteiger partial charge in [-0.05, 0) is 19.8 Å². The van der Waals surface area contributed by atoms with Gasteiger partial charge in [0, 0.05) is 26.7 Å². The number of anilines is 1. The fourth-order valence-corrected chi connectivity index (χ4v) is 2.72. The number of H-pyrrole nitrogens is 1. The molecule has 2 atom stereocenters. The van der Waals surface area contributed by atoms with E-state index in [1.54, 1.807) is 25.0 Å². The van der Waals surface area contributed by atoms with Crippen LogP contribution in [0.4, 0.5) is 5.95 Å². The summed E-state index contributed by atoms with van der Waals surface area (Å²) in [5.41, 5.74) is 0.459. The maximum Gasteiger partial charge on any atom is 0.263 e. The molecule has 7 heteroatoms. The molecule has 0 bridgehead atoms. The van der Waals surface area contributed by atoms with Gasteiger partial charge >= 0.3 is 0 Å². The highest BCUT2D eigenvalue weighted by molar-refractivity contribution is 5.74. The quantitative estimate of drug-likeness (QED) is 0.872. The third-order valence-electron chi connectivity index (χ3n) is 4.03. The summed E-state index contributed by atoms with van der Waals surface area (Å²) in [6.45, 7) is 2.88. The van der Waals surface area contributed by atoms with Crippen LogP contribution < -0.4 is 10.5 Å². The summed E-state index contributed by atoms with van der Waals surface area (Å²) in [6, 6.07) is 0.329. The van der Waals surface area contributed by atoms with Crippen molar-refractivity contribution >= 4 is 17.0 Å². The Kier molecular flexibility index (Phi) is 3.21. The minimum Gasteiger partial charge on any atom is -0.380 e. The Balaban J connectivity index is 2.04. The van der Waals surface area contributed by atoms with Gasteiger partial charge in [-0.2, -0.15) is 10.1 Å². The zero-order valence-electron chi connectivity index (χ0n) is 12.0. The first-order valence-electron chi connectivity index (χ1n) is 6.81. The number of piperidine rings is 1. The van der Waals surface area contributed by atoms with E-state index in [1.807, 2.05) is 0 Å². The molecule has 1 N–H and O–H groups in total. The van der Waals surface area contributed by atoms with Gasteiger partial charge in [0.15, 0.2) is 5.65 Å². The third kappa shape index (κ3) is 2.07. The molecule has 108 valence electrons. The van der Waals surface area contributed by atoms with Crippen LogP contribution in [0.1, 0.15) is 19.8 Å². The Morgan fingerprint density at radius 3 is 3.00 bits per heavy atom. The molecular weight excluding hydrogens is 258 g/mol. The van der Waals surface area contributed by atoms with Crippen molar-refractivity contribution in [3.05, 3.63) is 16.6 Å². The number of methoxy groups -OCH3 is 1. The highest BCUT2D eigenvalue weighted by atomic mass is 16.5. The standard InChI is InChI=1S/C13H19N5O2/c1-8-4-5-9(20-3)7-18(8)13-15-11-10(12(19)16-13)6-14-17(11)2/h6,8-9H,4-5,7H2,1-3H3,(H,15,16,19). The lowest BCUT2D eigenvalue weighted by Crippen LogP contribution is -2.46. The first kappa shape index (κ1) is 13.1. The molecule has 0 spiro atoms. The lowest BCUT2D eigenvalue weighted by Gasteiger charge is -2.37. The van der Waals surface area contributed by atoms with Crippen molar-refractivity contribution in [2.75, 3.05) is 18.6 Å². The van der Waals surface area contributed by atoms with Gasteiger partial charge in [-0.3, -0.25) is 14.5 Å². The summed E-state index contributed by atoms with van der Waals surface area (Å²) in [7, 11) is 3.51. The normalized spacial score (nSPS) is 23.4.